The van der Waals surface area contributed by atoms with Crippen molar-refractivity contribution in [2.24, 2.45) is 5.92 Å². The molecule has 1 aromatic heterocycles. The van der Waals surface area contributed by atoms with Gasteiger partial charge in [-0.2, -0.15) is 0 Å². The molecule has 0 amide bonds. The molecule has 100 valence electrons. The molecular weight excluding hydrogens is 357 g/mol. The van der Waals surface area contributed by atoms with Crippen LogP contribution < -0.4 is 5.32 Å². The molecule has 1 fully saturated rings. The zero-order valence-corrected chi connectivity index (χ0v) is 13.5. The van der Waals surface area contributed by atoms with Gasteiger partial charge in [-0.3, -0.25) is 0 Å². The van der Waals surface area contributed by atoms with Gasteiger partial charge < -0.3 is 10.4 Å². The van der Waals surface area contributed by atoms with Crippen LogP contribution >= 0.6 is 33.9 Å². The van der Waals surface area contributed by atoms with Gasteiger partial charge in [0, 0.05) is 10.9 Å². The first-order chi connectivity index (χ1) is 8.72. The molecule has 2 nitrogen and oxygen atoms in total. The number of hydrogen-bond donors (Lipinski definition) is 2. The van der Waals surface area contributed by atoms with Gasteiger partial charge in [0.2, 0.25) is 0 Å². The minimum absolute atomic E-state index is 0.0409. The predicted molar refractivity (Wildman–Crippen MR) is 84.1 cm³/mol. The molecule has 3 unspecified atom stereocenters. The Balaban J connectivity index is 1.60. The number of hydrogen-bond acceptors (Lipinski definition) is 3. The van der Waals surface area contributed by atoms with Crippen molar-refractivity contribution in [3.05, 3.63) is 19.4 Å². The first kappa shape index (κ1) is 13.3. The molecule has 3 rings (SSSR count). The molecule has 0 radical (unpaired) electrons. The summed E-state index contributed by atoms with van der Waals surface area (Å²) in [5.41, 5.74) is 1.55. The number of aliphatic hydroxyl groups excluding tert-OH is 1. The molecule has 0 bridgehead atoms. The van der Waals surface area contributed by atoms with Crippen molar-refractivity contribution in [3.8, 4) is 0 Å². The minimum atomic E-state index is -0.0409. The largest absolute Gasteiger partial charge is 0.393 e. The molecule has 1 aromatic rings. The van der Waals surface area contributed by atoms with Gasteiger partial charge in [-0.1, -0.05) is 0 Å². The van der Waals surface area contributed by atoms with Crippen LogP contribution in [0.25, 0.3) is 0 Å². The Bertz CT molecular complexity index is 420. The second-order valence-electron chi connectivity index (χ2n) is 5.61. The Morgan fingerprint density at radius 1 is 1.39 bits per heavy atom. The lowest BCUT2D eigenvalue weighted by molar-refractivity contribution is 0.177. The monoisotopic (exact) mass is 377 g/mol. The molecule has 1 saturated carbocycles. The number of aryl methyl sites for hydroxylation is 1. The standard InChI is InChI=1S/C14H20INOS/c15-14-7-11-12(2-1-3-13(11)18-14)16-8-9-4-5-10(17)6-9/h7,9-10,12,16-17H,1-6,8H2. The molecule has 0 aliphatic heterocycles. The number of aliphatic hydroxyl groups is 1. The van der Waals surface area contributed by atoms with Gasteiger partial charge in [-0.25, -0.2) is 0 Å². The Morgan fingerprint density at radius 3 is 3.06 bits per heavy atom. The number of nitrogens with one attached hydrogen (secondary N) is 1. The van der Waals surface area contributed by atoms with E-state index in [1.54, 1.807) is 10.4 Å². The Morgan fingerprint density at radius 2 is 2.28 bits per heavy atom. The molecule has 0 spiro atoms. The zero-order chi connectivity index (χ0) is 12.5. The molecule has 4 heteroatoms. The molecule has 18 heavy (non-hydrogen) atoms. The fraction of sp³-hybridized carbons (Fsp3) is 0.714. The smallest absolute Gasteiger partial charge is 0.0659 e. The van der Waals surface area contributed by atoms with Gasteiger partial charge in [0.15, 0.2) is 0 Å². The maximum atomic E-state index is 9.57. The highest BCUT2D eigenvalue weighted by Gasteiger charge is 2.26. The van der Waals surface area contributed by atoms with E-state index in [-0.39, 0.29) is 6.10 Å². The summed E-state index contributed by atoms with van der Waals surface area (Å²) in [6.07, 6.45) is 7.00. The van der Waals surface area contributed by atoms with Crippen LogP contribution in [0.3, 0.4) is 0 Å². The fourth-order valence-corrected chi connectivity index (χ4v) is 5.40. The lowest BCUT2D eigenvalue weighted by Crippen LogP contribution is -2.28. The van der Waals surface area contributed by atoms with E-state index in [1.165, 1.54) is 28.6 Å². The summed E-state index contributed by atoms with van der Waals surface area (Å²) in [6.45, 7) is 1.08. The second kappa shape index (κ2) is 5.77. The normalized spacial score (nSPS) is 31.6. The molecule has 0 saturated heterocycles. The van der Waals surface area contributed by atoms with Crippen LogP contribution in [0, 0.1) is 8.80 Å². The SMILES string of the molecule is OC1CCC(CNC2CCCc3sc(I)cc32)C1. The van der Waals surface area contributed by atoms with Gasteiger partial charge in [-0.15, -0.1) is 11.3 Å². The van der Waals surface area contributed by atoms with E-state index in [0.29, 0.717) is 12.0 Å². The topological polar surface area (TPSA) is 32.3 Å². The van der Waals surface area contributed by atoms with Crippen molar-refractivity contribution in [2.45, 2.75) is 50.7 Å². The Kier molecular flexibility index (Phi) is 4.28. The van der Waals surface area contributed by atoms with E-state index in [4.69, 9.17) is 0 Å². The third-order valence-corrected chi connectivity index (χ3v) is 6.22. The first-order valence-electron chi connectivity index (χ1n) is 6.92. The number of halogens is 1. The van der Waals surface area contributed by atoms with Gasteiger partial charge in [0.05, 0.1) is 8.99 Å². The van der Waals surface area contributed by atoms with Crippen molar-refractivity contribution in [3.63, 3.8) is 0 Å². The first-order valence-corrected chi connectivity index (χ1v) is 8.81. The van der Waals surface area contributed by atoms with E-state index >= 15 is 0 Å². The van der Waals surface area contributed by atoms with E-state index in [2.05, 4.69) is 34.0 Å². The zero-order valence-electron chi connectivity index (χ0n) is 10.5. The average molecular weight is 377 g/mol. The molecule has 2 aliphatic carbocycles. The summed E-state index contributed by atoms with van der Waals surface area (Å²) in [5, 5.41) is 13.3. The van der Waals surface area contributed by atoms with Crippen molar-refractivity contribution < 1.29 is 5.11 Å². The van der Waals surface area contributed by atoms with E-state index < -0.39 is 0 Å². The van der Waals surface area contributed by atoms with Crippen LogP contribution in [0.1, 0.15) is 48.6 Å². The summed E-state index contributed by atoms with van der Waals surface area (Å²) in [5.74, 6) is 0.683. The van der Waals surface area contributed by atoms with Crippen molar-refractivity contribution in [1.82, 2.24) is 5.32 Å². The lowest BCUT2D eigenvalue weighted by Gasteiger charge is -2.25. The summed E-state index contributed by atoms with van der Waals surface area (Å²) in [4.78, 5) is 1.59. The quantitative estimate of drug-likeness (QED) is 0.791. The molecule has 2 N–H and O–H groups in total. The van der Waals surface area contributed by atoms with Crippen LogP contribution in [0.2, 0.25) is 0 Å². The summed E-state index contributed by atoms with van der Waals surface area (Å²) in [7, 11) is 0. The van der Waals surface area contributed by atoms with Crippen LogP contribution in [-0.2, 0) is 6.42 Å². The molecule has 1 heterocycles. The van der Waals surface area contributed by atoms with Gasteiger partial charge >= 0.3 is 0 Å². The van der Waals surface area contributed by atoms with Crippen molar-refractivity contribution >= 4 is 33.9 Å². The van der Waals surface area contributed by atoms with E-state index in [9.17, 15) is 5.11 Å². The third kappa shape index (κ3) is 2.92. The highest BCUT2D eigenvalue weighted by Crippen LogP contribution is 2.36. The summed E-state index contributed by atoms with van der Waals surface area (Å²) < 4.78 is 1.42. The minimum Gasteiger partial charge on any atom is -0.393 e. The van der Waals surface area contributed by atoms with Gasteiger partial charge in [0.25, 0.3) is 0 Å². The Hall–Kier alpha value is 0.350. The maximum absolute atomic E-state index is 9.57. The number of rotatable bonds is 3. The lowest BCUT2D eigenvalue weighted by atomic mass is 9.93. The van der Waals surface area contributed by atoms with Crippen LogP contribution in [-0.4, -0.2) is 17.8 Å². The van der Waals surface area contributed by atoms with Crippen molar-refractivity contribution in [1.29, 1.82) is 0 Å². The van der Waals surface area contributed by atoms with E-state index in [1.807, 2.05) is 11.3 Å². The Labute approximate surface area is 126 Å². The van der Waals surface area contributed by atoms with E-state index in [0.717, 1.165) is 19.4 Å². The molecule has 2 aliphatic rings. The maximum Gasteiger partial charge on any atom is 0.0659 e. The predicted octanol–water partition coefficient (Wildman–Crippen LogP) is 3.48. The third-order valence-electron chi connectivity index (χ3n) is 4.25. The summed E-state index contributed by atoms with van der Waals surface area (Å²) in [6, 6.07) is 2.92. The van der Waals surface area contributed by atoms with Crippen LogP contribution in [0.15, 0.2) is 6.07 Å². The second-order valence-corrected chi connectivity index (χ2v) is 8.65. The van der Waals surface area contributed by atoms with Crippen LogP contribution in [0.4, 0.5) is 0 Å². The number of thiophene rings is 1. The highest BCUT2D eigenvalue weighted by molar-refractivity contribution is 14.1. The summed E-state index contributed by atoms with van der Waals surface area (Å²) >= 11 is 4.40. The van der Waals surface area contributed by atoms with Gasteiger partial charge in [0.1, 0.15) is 0 Å². The van der Waals surface area contributed by atoms with Crippen molar-refractivity contribution in [2.75, 3.05) is 6.54 Å². The molecule has 3 atom stereocenters. The highest BCUT2D eigenvalue weighted by atomic mass is 127. The van der Waals surface area contributed by atoms with Gasteiger partial charge in [-0.05, 0) is 85.2 Å². The average Bonchev–Trinajstić information content (AvgIpc) is 2.91. The molecule has 0 aromatic carbocycles. The molecular formula is C14H20INOS. The van der Waals surface area contributed by atoms with Crippen LogP contribution in [0.5, 0.6) is 0 Å². The fourth-order valence-electron chi connectivity index (χ4n) is 3.28. The number of fused-ring (bicyclic) bond motifs is 1.